The van der Waals surface area contributed by atoms with Crippen molar-refractivity contribution in [1.82, 2.24) is 4.98 Å². The summed E-state index contributed by atoms with van der Waals surface area (Å²) < 4.78 is 13.7. The van der Waals surface area contributed by atoms with Crippen LogP contribution in [0.4, 0.5) is 15.8 Å². The predicted octanol–water partition coefficient (Wildman–Crippen LogP) is 5.21. The lowest BCUT2D eigenvalue weighted by Crippen LogP contribution is -2.15. The zero-order valence-corrected chi connectivity index (χ0v) is 15.4. The second-order valence-corrected chi connectivity index (χ2v) is 6.57. The Hall–Kier alpha value is -3.21. The first-order valence-corrected chi connectivity index (χ1v) is 8.88. The molecule has 2 N–H and O–H groups in total. The minimum atomic E-state index is -0.260. The van der Waals surface area contributed by atoms with Crippen LogP contribution < -0.4 is 10.6 Å². The molecule has 1 heterocycles. The van der Waals surface area contributed by atoms with E-state index in [4.69, 9.17) is 0 Å². The molecule has 138 valence electrons. The maximum Gasteiger partial charge on any atom is 0.274 e. The molecule has 5 heteroatoms. The highest BCUT2D eigenvalue weighted by Crippen LogP contribution is 2.24. The van der Waals surface area contributed by atoms with E-state index < -0.39 is 0 Å². The Morgan fingerprint density at radius 1 is 1.04 bits per heavy atom. The van der Waals surface area contributed by atoms with Crippen LogP contribution in [0.25, 0.3) is 0 Å². The van der Waals surface area contributed by atoms with Crippen LogP contribution in [-0.4, -0.2) is 10.9 Å². The molecule has 27 heavy (non-hydrogen) atoms. The minimum absolute atomic E-state index is 0.252. The van der Waals surface area contributed by atoms with Gasteiger partial charge in [-0.15, -0.1) is 0 Å². The Morgan fingerprint density at radius 3 is 2.48 bits per heavy atom. The predicted molar refractivity (Wildman–Crippen MR) is 106 cm³/mol. The molecule has 2 aromatic carbocycles. The van der Waals surface area contributed by atoms with Crippen LogP contribution >= 0.6 is 0 Å². The summed E-state index contributed by atoms with van der Waals surface area (Å²) in [4.78, 5) is 16.7. The Bertz CT molecular complexity index is 923. The lowest BCUT2D eigenvalue weighted by atomic mass is 10.0. The van der Waals surface area contributed by atoms with Crippen molar-refractivity contribution in [3.63, 3.8) is 0 Å². The summed E-state index contributed by atoms with van der Waals surface area (Å²) in [5.74, 6) is -0.207. The fourth-order valence-corrected chi connectivity index (χ4v) is 2.77. The van der Waals surface area contributed by atoms with E-state index in [1.165, 1.54) is 6.07 Å². The summed E-state index contributed by atoms with van der Waals surface area (Å²) >= 11 is 0. The molecule has 0 saturated heterocycles. The van der Waals surface area contributed by atoms with E-state index in [1.807, 2.05) is 24.3 Å². The van der Waals surface area contributed by atoms with Crippen LogP contribution in [0.3, 0.4) is 0 Å². The van der Waals surface area contributed by atoms with E-state index in [-0.39, 0.29) is 11.7 Å². The number of pyridine rings is 1. The quantitative estimate of drug-likeness (QED) is 0.632. The van der Waals surface area contributed by atoms with E-state index in [0.717, 1.165) is 16.9 Å². The molecule has 3 rings (SSSR count). The number of rotatable bonds is 6. The fourth-order valence-electron chi connectivity index (χ4n) is 2.77. The number of aromatic nitrogens is 1. The third kappa shape index (κ3) is 4.70. The van der Waals surface area contributed by atoms with Crippen LogP contribution in [0.15, 0.2) is 66.9 Å². The molecule has 0 aliphatic rings. The normalized spacial score (nSPS) is 10.7. The number of amides is 1. The number of hydrogen-bond donors (Lipinski definition) is 2. The molecule has 3 aromatic rings. The lowest BCUT2D eigenvalue weighted by molar-refractivity contribution is 0.102. The average molecular weight is 363 g/mol. The molecule has 0 unspecified atom stereocenters. The van der Waals surface area contributed by atoms with Crippen molar-refractivity contribution < 1.29 is 9.18 Å². The van der Waals surface area contributed by atoms with Crippen LogP contribution in [-0.2, 0) is 6.54 Å². The zero-order chi connectivity index (χ0) is 19.2. The highest BCUT2D eigenvalue weighted by Gasteiger charge is 2.12. The lowest BCUT2D eigenvalue weighted by Gasteiger charge is -2.13. The summed E-state index contributed by atoms with van der Waals surface area (Å²) in [6.07, 6.45) is 1.57. The average Bonchev–Trinajstić information content (AvgIpc) is 2.68. The molecule has 0 aliphatic carbocycles. The molecule has 0 bridgehead atoms. The van der Waals surface area contributed by atoms with Crippen molar-refractivity contribution in [3.05, 3.63) is 89.5 Å². The standard InChI is InChI=1S/C22H22FN3O/c1-15(2)18-8-4-6-10-20(18)26-22(27)21-12-11-17(14-25-21)24-13-16-7-3-5-9-19(16)23/h3-12,14-15,24H,13H2,1-2H3,(H,26,27). The van der Waals surface area contributed by atoms with Crippen molar-refractivity contribution >= 4 is 17.3 Å². The van der Waals surface area contributed by atoms with Gasteiger partial charge in [-0.3, -0.25) is 4.79 Å². The van der Waals surface area contributed by atoms with Gasteiger partial charge in [0.05, 0.1) is 11.9 Å². The van der Waals surface area contributed by atoms with E-state index >= 15 is 0 Å². The first-order valence-electron chi connectivity index (χ1n) is 8.88. The maximum atomic E-state index is 13.7. The molecule has 0 aliphatic heterocycles. The van der Waals surface area contributed by atoms with Gasteiger partial charge in [0, 0.05) is 17.8 Å². The number of carbonyl (C=O) groups is 1. The molecule has 1 aromatic heterocycles. The fraction of sp³-hybridized carbons (Fsp3) is 0.182. The van der Waals surface area contributed by atoms with Crippen molar-refractivity contribution in [2.24, 2.45) is 0 Å². The number of benzene rings is 2. The molecule has 0 atom stereocenters. The van der Waals surface area contributed by atoms with E-state index in [0.29, 0.717) is 23.7 Å². The number of carbonyl (C=O) groups excluding carboxylic acids is 1. The van der Waals surface area contributed by atoms with Gasteiger partial charge in [0.2, 0.25) is 0 Å². The molecule has 0 spiro atoms. The molecule has 4 nitrogen and oxygen atoms in total. The van der Waals surface area contributed by atoms with Gasteiger partial charge < -0.3 is 10.6 Å². The highest BCUT2D eigenvalue weighted by molar-refractivity contribution is 6.03. The van der Waals surface area contributed by atoms with Gasteiger partial charge >= 0.3 is 0 Å². The zero-order valence-electron chi connectivity index (χ0n) is 15.4. The topological polar surface area (TPSA) is 54.0 Å². The summed E-state index contributed by atoms with van der Waals surface area (Å²) in [5.41, 5.74) is 3.49. The van der Waals surface area contributed by atoms with Crippen molar-refractivity contribution in [3.8, 4) is 0 Å². The van der Waals surface area contributed by atoms with Crippen molar-refractivity contribution in [2.75, 3.05) is 10.6 Å². The van der Waals surface area contributed by atoms with Gasteiger partial charge in [-0.05, 0) is 35.7 Å². The number of nitrogens with zero attached hydrogens (tertiary/aromatic N) is 1. The van der Waals surface area contributed by atoms with Crippen LogP contribution in [0.5, 0.6) is 0 Å². The Kier molecular flexibility index (Phi) is 5.81. The third-order valence-electron chi connectivity index (χ3n) is 4.27. The van der Waals surface area contributed by atoms with Gasteiger partial charge in [0.15, 0.2) is 0 Å². The Labute approximate surface area is 158 Å². The summed E-state index contributed by atoms with van der Waals surface area (Å²) in [7, 11) is 0. The summed E-state index contributed by atoms with van der Waals surface area (Å²) in [6.45, 7) is 4.51. The number of anilines is 2. The number of halogens is 1. The van der Waals surface area contributed by atoms with Gasteiger partial charge in [0.1, 0.15) is 11.5 Å². The van der Waals surface area contributed by atoms with Crippen molar-refractivity contribution in [2.45, 2.75) is 26.3 Å². The van der Waals surface area contributed by atoms with E-state index in [9.17, 15) is 9.18 Å². The van der Waals surface area contributed by atoms with Gasteiger partial charge in [0.25, 0.3) is 5.91 Å². The molecule has 0 radical (unpaired) electrons. The second kappa shape index (κ2) is 8.45. The SMILES string of the molecule is CC(C)c1ccccc1NC(=O)c1ccc(NCc2ccccc2F)cn1. The van der Waals surface area contributed by atoms with Crippen LogP contribution in [0.2, 0.25) is 0 Å². The van der Waals surface area contributed by atoms with Gasteiger partial charge in [-0.2, -0.15) is 0 Å². The molecule has 0 fully saturated rings. The monoisotopic (exact) mass is 363 g/mol. The number of hydrogen-bond acceptors (Lipinski definition) is 3. The third-order valence-corrected chi connectivity index (χ3v) is 4.27. The van der Waals surface area contributed by atoms with E-state index in [1.54, 1.807) is 36.5 Å². The smallest absolute Gasteiger partial charge is 0.274 e. The van der Waals surface area contributed by atoms with Gasteiger partial charge in [-0.25, -0.2) is 9.37 Å². The molecule has 1 amide bonds. The Morgan fingerprint density at radius 2 is 1.78 bits per heavy atom. The summed E-state index contributed by atoms with van der Waals surface area (Å²) in [6, 6.07) is 17.8. The van der Waals surface area contributed by atoms with Gasteiger partial charge in [-0.1, -0.05) is 50.2 Å². The van der Waals surface area contributed by atoms with Crippen LogP contribution in [0, 0.1) is 5.82 Å². The van der Waals surface area contributed by atoms with Crippen molar-refractivity contribution in [1.29, 1.82) is 0 Å². The first kappa shape index (κ1) is 18.6. The minimum Gasteiger partial charge on any atom is -0.380 e. The maximum absolute atomic E-state index is 13.7. The molecular formula is C22H22FN3O. The largest absolute Gasteiger partial charge is 0.380 e. The number of nitrogens with one attached hydrogen (secondary N) is 2. The Balaban J connectivity index is 1.65. The van der Waals surface area contributed by atoms with Crippen LogP contribution in [0.1, 0.15) is 41.4 Å². The molecular weight excluding hydrogens is 341 g/mol. The molecule has 0 saturated carbocycles. The first-order chi connectivity index (χ1) is 13.0. The summed E-state index contributed by atoms with van der Waals surface area (Å²) in [5, 5.41) is 6.03. The second-order valence-electron chi connectivity index (χ2n) is 6.57. The number of para-hydroxylation sites is 1. The van der Waals surface area contributed by atoms with E-state index in [2.05, 4.69) is 29.5 Å². The highest BCUT2D eigenvalue weighted by atomic mass is 19.1.